The van der Waals surface area contributed by atoms with E-state index in [0.717, 1.165) is 47.0 Å². The SMILES string of the molecule is Cn1ccc(C2CC(N(c3cc(F)c(NC(=O)c4ccnn(-c5ccc(F)cn5)c4=O)cc3F)c3cc(F)cn4nccc34)C2)n1. The van der Waals surface area contributed by atoms with Crippen LogP contribution in [0.15, 0.2) is 84.3 Å². The van der Waals surface area contributed by atoms with Crippen LogP contribution in [-0.2, 0) is 7.05 Å². The molecule has 1 aliphatic carbocycles. The summed E-state index contributed by atoms with van der Waals surface area (Å²) in [5.41, 5.74) is -0.434. The van der Waals surface area contributed by atoms with Crippen molar-refractivity contribution in [3.63, 3.8) is 0 Å². The summed E-state index contributed by atoms with van der Waals surface area (Å²) >= 11 is 0. The smallest absolute Gasteiger partial charge is 0.285 e. The molecule has 6 aromatic rings. The summed E-state index contributed by atoms with van der Waals surface area (Å²) in [7, 11) is 1.81. The number of aryl methyl sites for hydroxylation is 1. The third-order valence-electron chi connectivity index (χ3n) is 7.91. The van der Waals surface area contributed by atoms with Crippen LogP contribution in [0, 0.1) is 23.3 Å². The number of pyridine rings is 2. The lowest BCUT2D eigenvalue weighted by atomic mass is 9.77. The van der Waals surface area contributed by atoms with Gasteiger partial charge in [-0.3, -0.25) is 14.3 Å². The highest BCUT2D eigenvalue weighted by molar-refractivity contribution is 6.04. The maximum absolute atomic E-state index is 16.0. The number of aromatic nitrogens is 7. The standard InChI is InChI=1S/C31H23F4N9O2/c1-41-9-6-24(40-41)17-10-20(11-17)43(28-12-19(33)16-42-26(28)5-8-37-42)27-14-22(34)25(13-23(27)35)39-30(45)21-4-7-38-44(31(21)46)29-3-2-18(32)15-36-29/h2-9,12-17,20H,10-11H2,1H3,(H,39,45). The second-order valence-electron chi connectivity index (χ2n) is 10.8. The summed E-state index contributed by atoms with van der Waals surface area (Å²) in [5.74, 6) is -4.18. The molecule has 0 spiro atoms. The average Bonchev–Trinajstić information content (AvgIpc) is 3.65. The van der Waals surface area contributed by atoms with Crippen molar-refractivity contribution >= 4 is 28.5 Å². The van der Waals surface area contributed by atoms with E-state index in [0.29, 0.717) is 18.4 Å². The topological polar surface area (TPSA) is 115 Å². The largest absolute Gasteiger partial charge is 0.334 e. The molecule has 1 aromatic carbocycles. The van der Waals surface area contributed by atoms with Crippen molar-refractivity contribution in [3.05, 3.63) is 124 Å². The zero-order chi connectivity index (χ0) is 32.1. The van der Waals surface area contributed by atoms with Gasteiger partial charge in [0.2, 0.25) is 0 Å². The maximum Gasteiger partial charge on any atom is 0.285 e. The molecule has 1 saturated carbocycles. The first-order valence-electron chi connectivity index (χ1n) is 14.1. The van der Waals surface area contributed by atoms with Gasteiger partial charge in [0, 0.05) is 49.6 Å². The number of nitrogens with zero attached hydrogens (tertiary/aromatic N) is 8. The van der Waals surface area contributed by atoms with Crippen molar-refractivity contribution in [2.24, 2.45) is 7.05 Å². The fourth-order valence-corrected chi connectivity index (χ4v) is 5.63. The first-order valence-corrected chi connectivity index (χ1v) is 14.1. The number of halogens is 4. The lowest BCUT2D eigenvalue weighted by Crippen LogP contribution is -2.42. The first kappa shape index (κ1) is 28.9. The van der Waals surface area contributed by atoms with Gasteiger partial charge < -0.3 is 10.2 Å². The molecule has 46 heavy (non-hydrogen) atoms. The minimum atomic E-state index is -1.03. The molecule has 0 aliphatic heterocycles. The van der Waals surface area contributed by atoms with E-state index in [1.165, 1.54) is 29.0 Å². The van der Waals surface area contributed by atoms with Gasteiger partial charge in [0.15, 0.2) is 5.82 Å². The van der Waals surface area contributed by atoms with Crippen molar-refractivity contribution in [2.45, 2.75) is 24.8 Å². The summed E-state index contributed by atoms with van der Waals surface area (Å²) < 4.78 is 63.5. The molecular weight excluding hydrogens is 606 g/mol. The molecule has 232 valence electrons. The van der Waals surface area contributed by atoms with Gasteiger partial charge in [0.1, 0.15) is 28.8 Å². The van der Waals surface area contributed by atoms with Gasteiger partial charge in [-0.2, -0.15) is 20.0 Å². The lowest BCUT2D eigenvalue weighted by Gasteiger charge is -2.44. The summed E-state index contributed by atoms with van der Waals surface area (Å²) in [5, 5.41) is 14.7. The van der Waals surface area contributed by atoms with Gasteiger partial charge in [-0.05, 0) is 43.2 Å². The van der Waals surface area contributed by atoms with E-state index in [1.807, 2.05) is 12.3 Å². The van der Waals surface area contributed by atoms with E-state index in [9.17, 15) is 18.4 Å². The normalized spacial score (nSPS) is 15.9. The highest BCUT2D eigenvalue weighted by Crippen LogP contribution is 2.46. The molecule has 1 N–H and O–H groups in total. The number of amides is 1. The van der Waals surface area contributed by atoms with Crippen molar-refractivity contribution in [1.29, 1.82) is 0 Å². The second-order valence-corrected chi connectivity index (χ2v) is 10.8. The molecule has 15 heteroatoms. The highest BCUT2D eigenvalue weighted by atomic mass is 19.1. The summed E-state index contributed by atoms with van der Waals surface area (Å²) in [6.07, 6.45) is 7.57. The van der Waals surface area contributed by atoms with Gasteiger partial charge in [-0.25, -0.2) is 27.1 Å². The Balaban J connectivity index is 1.22. The van der Waals surface area contributed by atoms with Crippen LogP contribution in [0.25, 0.3) is 11.3 Å². The third-order valence-corrected chi connectivity index (χ3v) is 7.91. The predicted molar refractivity (Wildman–Crippen MR) is 158 cm³/mol. The number of fused-ring (bicyclic) bond motifs is 1. The lowest BCUT2D eigenvalue weighted by molar-refractivity contribution is 0.102. The Hall–Kier alpha value is -5.86. The van der Waals surface area contributed by atoms with Crippen molar-refractivity contribution < 1.29 is 22.4 Å². The number of carbonyl (C=O) groups is 1. The van der Waals surface area contributed by atoms with Crippen LogP contribution in [0.2, 0.25) is 0 Å². The second kappa shape index (κ2) is 11.3. The molecule has 1 fully saturated rings. The van der Waals surface area contributed by atoms with Crippen LogP contribution in [-0.4, -0.2) is 46.1 Å². The molecule has 0 atom stereocenters. The third kappa shape index (κ3) is 5.14. The number of anilines is 3. The predicted octanol–water partition coefficient (Wildman–Crippen LogP) is 4.90. The monoisotopic (exact) mass is 629 g/mol. The molecule has 0 bridgehead atoms. The molecule has 1 amide bonds. The van der Waals surface area contributed by atoms with Gasteiger partial charge in [0.25, 0.3) is 11.5 Å². The van der Waals surface area contributed by atoms with Crippen molar-refractivity contribution in [2.75, 3.05) is 10.2 Å². The molecule has 0 saturated heterocycles. The van der Waals surface area contributed by atoms with Gasteiger partial charge in [-0.1, -0.05) is 0 Å². The maximum atomic E-state index is 16.0. The Kier molecular flexibility index (Phi) is 7.06. The number of hydrogen-bond donors (Lipinski definition) is 1. The fraction of sp³-hybridized carbons (Fsp3) is 0.161. The van der Waals surface area contributed by atoms with Gasteiger partial charge >= 0.3 is 0 Å². The first-order chi connectivity index (χ1) is 22.2. The Morgan fingerprint density at radius 1 is 0.935 bits per heavy atom. The molecule has 5 aromatic heterocycles. The zero-order valence-electron chi connectivity index (χ0n) is 24.0. The minimum Gasteiger partial charge on any atom is -0.334 e. The van der Waals surface area contributed by atoms with Gasteiger partial charge in [-0.15, -0.1) is 0 Å². The highest BCUT2D eigenvalue weighted by Gasteiger charge is 2.39. The summed E-state index contributed by atoms with van der Waals surface area (Å²) in [4.78, 5) is 31.4. The van der Waals surface area contributed by atoms with Crippen LogP contribution in [0.3, 0.4) is 0 Å². The van der Waals surface area contributed by atoms with E-state index >= 15 is 8.78 Å². The number of hydrogen-bond acceptors (Lipinski definition) is 7. The van der Waals surface area contributed by atoms with Crippen LogP contribution < -0.4 is 15.8 Å². The minimum absolute atomic E-state index is 0.0476. The zero-order valence-corrected chi connectivity index (χ0v) is 24.0. The molecule has 0 radical (unpaired) electrons. The molecular formula is C31H23F4N9O2. The number of benzene rings is 1. The molecule has 11 nitrogen and oxygen atoms in total. The summed E-state index contributed by atoms with van der Waals surface area (Å²) in [6, 6.07) is 9.52. The van der Waals surface area contributed by atoms with Crippen LogP contribution in [0.5, 0.6) is 0 Å². The van der Waals surface area contributed by atoms with Crippen LogP contribution >= 0.6 is 0 Å². The van der Waals surface area contributed by atoms with E-state index in [4.69, 9.17) is 0 Å². The molecule has 7 rings (SSSR count). The van der Waals surface area contributed by atoms with E-state index in [2.05, 4.69) is 25.6 Å². The number of carbonyl (C=O) groups excluding carboxylic acids is 1. The van der Waals surface area contributed by atoms with Crippen LogP contribution in [0.1, 0.15) is 34.8 Å². The average molecular weight is 630 g/mol. The van der Waals surface area contributed by atoms with E-state index < -0.39 is 46.0 Å². The fourth-order valence-electron chi connectivity index (χ4n) is 5.63. The Labute approximate surface area is 257 Å². The Morgan fingerprint density at radius 3 is 2.48 bits per heavy atom. The van der Waals surface area contributed by atoms with Crippen molar-refractivity contribution in [1.82, 2.24) is 34.2 Å². The molecule has 5 heterocycles. The quantitative estimate of drug-likeness (QED) is 0.250. The number of rotatable bonds is 7. The Bertz CT molecular complexity index is 2170. The number of nitrogens with one attached hydrogen (secondary N) is 1. The van der Waals surface area contributed by atoms with Crippen molar-refractivity contribution in [3.8, 4) is 5.82 Å². The van der Waals surface area contributed by atoms with Crippen LogP contribution in [0.4, 0.5) is 34.6 Å². The van der Waals surface area contributed by atoms with E-state index in [1.54, 1.807) is 22.7 Å². The molecule has 1 aliphatic rings. The van der Waals surface area contributed by atoms with Gasteiger partial charge in [0.05, 0.1) is 46.9 Å². The Morgan fingerprint density at radius 2 is 1.74 bits per heavy atom. The van der Waals surface area contributed by atoms with E-state index in [-0.39, 0.29) is 29.2 Å². The summed E-state index contributed by atoms with van der Waals surface area (Å²) in [6.45, 7) is 0. The molecule has 0 unspecified atom stereocenters.